The number of methoxy groups -OCH3 is 1. The van der Waals surface area contributed by atoms with Crippen LogP contribution in [0.3, 0.4) is 0 Å². The third kappa shape index (κ3) is 2.75. The van der Waals surface area contributed by atoms with Gasteiger partial charge in [-0.3, -0.25) is 4.79 Å². The number of ether oxygens (including phenoxy) is 1. The molecule has 0 spiro atoms. The van der Waals surface area contributed by atoms with E-state index in [1.807, 2.05) is 47.7 Å². The lowest BCUT2D eigenvalue weighted by molar-refractivity contribution is 0.180. The minimum atomic E-state index is -0.170. The number of aryl methyl sites for hydroxylation is 1. The quantitative estimate of drug-likeness (QED) is 0.852. The molecule has 0 saturated carbocycles. The van der Waals surface area contributed by atoms with Crippen molar-refractivity contribution in [1.82, 2.24) is 15.0 Å². The van der Waals surface area contributed by atoms with Gasteiger partial charge in [0.2, 0.25) is 0 Å². The summed E-state index contributed by atoms with van der Waals surface area (Å²) in [7, 11) is 1.57. The number of pyridine rings is 1. The highest BCUT2D eigenvalue weighted by Gasteiger charge is 2.10. The number of halogens is 1. The van der Waals surface area contributed by atoms with Gasteiger partial charge in [0, 0.05) is 12.8 Å². The van der Waals surface area contributed by atoms with Crippen LogP contribution in [0.2, 0.25) is 0 Å². The number of rotatable bonds is 3. The van der Waals surface area contributed by atoms with Crippen LogP contribution in [0.1, 0.15) is 11.4 Å². The zero-order valence-electron chi connectivity index (χ0n) is 10.0. The van der Waals surface area contributed by atoms with Crippen LogP contribution in [0.5, 0.6) is 0 Å². The van der Waals surface area contributed by atoms with Crippen LogP contribution in [-0.4, -0.2) is 22.1 Å². The number of hydrogen-bond donors (Lipinski definition) is 1. The molecule has 0 fully saturated rings. The largest absolute Gasteiger partial charge is 0.378 e. The average molecular weight is 357 g/mol. The Hall–Kier alpha value is -1.28. The molecule has 0 unspecified atom stereocenters. The predicted molar refractivity (Wildman–Crippen MR) is 76.3 cm³/mol. The van der Waals surface area contributed by atoms with Gasteiger partial charge in [-0.2, -0.15) is 0 Å². The van der Waals surface area contributed by atoms with Crippen molar-refractivity contribution in [3.8, 4) is 11.5 Å². The summed E-state index contributed by atoms with van der Waals surface area (Å²) >= 11 is 1.96. The second kappa shape index (κ2) is 5.57. The molecule has 0 aromatic carbocycles. The summed E-state index contributed by atoms with van der Waals surface area (Å²) in [6.07, 6.45) is 0. The molecule has 94 valence electrons. The van der Waals surface area contributed by atoms with E-state index in [9.17, 15) is 4.79 Å². The van der Waals surface area contributed by atoms with E-state index in [-0.39, 0.29) is 5.56 Å². The van der Waals surface area contributed by atoms with Crippen molar-refractivity contribution in [2.45, 2.75) is 13.5 Å². The number of hydrogen-bond acceptors (Lipinski definition) is 4. The van der Waals surface area contributed by atoms with Crippen molar-refractivity contribution in [3.05, 3.63) is 43.5 Å². The summed E-state index contributed by atoms with van der Waals surface area (Å²) in [5, 5.41) is 0. The average Bonchev–Trinajstić information content (AvgIpc) is 2.35. The van der Waals surface area contributed by atoms with E-state index in [4.69, 9.17) is 4.74 Å². The monoisotopic (exact) mass is 357 g/mol. The number of nitrogens with zero attached hydrogens (tertiary/aromatic N) is 2. The van der Waals surface area contributed by atoms with E-state index in [0.29, 0.717) is 27.4 Å². The highest BCUT2D eigenvalue weighted by atomic mass is 127. The lowest BCUT2D eigenvalue weighted by Gasteiger charge is -2.06. The van der Waals surface area contributed by atoms with Gasteiger partial charge in [-0.1, -0.05) is 6.07 Å². The zero-order valence-corrected chi connectivity index (χ0v) is 12.2. The first-order valence-electron chi connectivity index (χ1n) is 5.33. The summed E-state index contributed by atoms with van der Waals surface area (Å²) < 4.78 is 5.58. The minimum absolute atomic E-state index is 0.170. The van der Waals surface area contributed by atoms with Crippen LogP contribution in [0.15, 0.2) is 23.0 Å². The Balaban J connectivity index is 2.55. The maximum absolute atomic E-state index is 11.8. The van der Waals surface area contributed by atoms with Gasteiger partial charge in [0.15, 0.2) is 5.82 Å². The van der Waals surface area contributed by atoms with Gasteiger partial charge in [0.1, 0.15) is 9.26 Å². The summed E-state index contributed by atoms with van der Waals surface area (Å²) in [5.74, 6) is 0.469. The third-order valence-corrected chi connectivity index (χ3v) is 3.46. The molecule has 0 bridgehead atoms. The van der Waals surface area contributed by atoms with Crippen molar-refractivity contribution >= 4 is 22.6 Å². The second-order valence-corrected chi connectivity index (χ2v) is 4.85. The molecule has 1 N–H and O–H groups in total. The van der Waals surface area contributed by atoms with E-state index in [0.717, 1.165) is 5.69 Å². The smallest absolute Gasteiger partial charge is 0.265 e. The van der Waals surface area contributed by atoms with Crippen LogP contribution in [0, 0.1) is 10.5 Å². The number of aromatic amines is 1. The molecule has 2 aromatic rings. The van der Waals surface area contributed by atoms with Gasteiger partial charge in [-0.05, 0) is 41.6 Å². The summed E-state index contributed by atoms with van der Waals surface area (Å²) in [5.41, 5.74) is 1.99. The van der Waals surface area contributed by atoms with Crippen LogP contribution < -0.4 is 5.56 Å². The van der Waals surface area contributed by atoms with Gasteiger partial charge >= 0.3 is 0 Å². The van der Waals surface area contributed by atoms with E-state index in [1.54, 1.807) is 7.11 Å². The van der Waals surface area contributed by atoms with Crippen LogP contribution in [-0.2, 0) is 11.3 Å². The van der Waals surface area contributed by atoms with E-state index in [2.05, 4.69) is 15.0 Å². The lowest BCUT2D eigenvalue weighted by Crippen LogP contribution is -2.17. The fraction of sp³-hybridized carbons (Fsp3) is 0.250. The number of H-pyrrole nitrogens is 1. The lowest BCUT2D eigenvalue weighted by atomic mass is 10.3. The molecule has 5 nitrogen and oxygen atoms in total. The van der Waals surface area contributed by atoms with Gasteiger partial charge in [0.05, 0.1) is 12.3 Å². The standard InChI is InChI=1S/C12H12IN3O2/c1-7-4-3-5-8(14-7)11-15-9(6-18-2)10(13)12(17)16-11/h3-5H,6H2,1-2H3,(H,15,16,17). The number of aromatic nitrogens is 3. The molecule has 0 amide bonds. The van der Waals surface area contributed by atoms with Gasteiger partial charge in [0.25, 0.3) is 5.56 Å². The molecular weight excluding hydrogens is 345 g/mol. The Morgan fingerprint density at radius 1 is 1.39 bits per heavy atom. The van der Waals surface area contributed by atoms with E-state index < -0.39 is 0 Å². The Bertz CT molecular complexity index is 625. The summed E-state index contributed by atoms with van der Waals surface area (Å²) in [4.78, 5) is 23.3. The summed E-state index contributed by atoms with van der Waals surface area (Å²) in [6, 6.07) is 5.59. The molecule has 2 heterocycles. The first kappa shape index (κ1) is 13.2. The van der Waals surface area contributed by atoms with Crippen molar-refractivity contribution in [1.29, 1.82) is 0 Å². The fourth-order valence-corrected chi connectivity index (χ4v) is 1.95. The maximum Gasteiger partial charge on any atom is 0.265 e. The van der Waals surface area contributed by atoms with Crippen LogP contribution >= 0.6 is 22.6 Å². The Kier molecular flexibility index (Phi) is 4.07. The SMILES string of the molecule is COCc1nc(-c2cccc(C)n2)[nH]c(=O)c1I. The maximum atomic E-state index is 11.8. The minimum Gasteiger partial charge on any atom is -0.378 e. The van der Waals surface area contributed by atoms with Gasteiger partial charge in [-0.25, -0.2) is 9.97 Å². The molecule has 18 heavy (non-hydrogen) atoms. The van der Waals surface area contributed by atoms with E-state index in [1.165, 1.54) is 0 Å². The fourth-order valence-electron chi connectivity index (χ4n) is 1.53. The second-order valence-electron chi connectivity index (χ2n) is 3.77. The third-order valence-electron chi connectivity index (χ3n) is 2.34. The van der Waals surface area contributed by atoms with Crippen molar-refractivity contribution in [3.63, 3.8) is 0 Å². The molecule has 0 aliphatic heterocycles. The highest BCUT2D eigenvalue weighted by molar-refractivity contribution is 14.1. The molecule has 2 rings (SSSR count). The normalized spacial score (nSPS) is 10.6. The molecule has 0 saturated heterocycles. The molecule has 0 atom stereocenters. The molecular formula is C12H12IN3O2. The Morgan fingerprint density at radius 2 is 2.17 bits per heavy atom. The van der Waals surface area contributed by atoms with Crippen LogP contribution in [0.4, 0.5) is 0 Å². The van der Waals surface area contributed by atoms with Gasteiger partial charge in [-0.15, -0.1) is 0 Å². The van der Waals surface area contributed by atoms with Crippen molar-refractivity contribution < 1.29 is 4.74 Å². The molecule has 0 aliphatic carbocycles. The summed E-state index contributed by atoms with van der Waals surface area (Å²) in [6.45, 7) is 2.20. The highest BCUT2D eigenvalue weighted by Crippen LogP contribution is 2.14. The van der Waals surface area contributed by atoms with Gasteiger partial charge < -0.3 is 9.72 Å². The molecule has 0 aliphatic rings. The zero-order chi connectivity index (χ0) is 13.1. The Morgan fingerprint density at radius 3 is 2.83 bits per heavy atom. The topological polar surface area (TPSA) is 67.9 Å². The Labute approximate surface area is 118 Å². The molecule has 0 radical (unpaired) electrons. The van der Waals surface area contributed by atoms with E-state index >= 15 is 0 Å². The number of nitrogens with one attached hydrogen (secondary N) is 1. The first-order valence-corrected chi connectivity index (χ1v) is 6.41. The predicted octanol–water partition coefficient (Wildman–Crippen LogP) is 1.89. The van der Waals surface area contributed by atoms with Crippen LogP contribution in [0.25, 0.3) is 11.5 Å². The van der Waals surface area contributed by atoms with Crippen molar-refractivity contribution in [2.24, 2.45) is 0 Å². The first-order chi connectivity index (χ1) is 8.61. The molecule has 6 heteroatoms. The van der Waals surface area contributed by atoms with Crippen molar-refractivity contribution in [2.75, 3.05) is 7.11 Å². The molecule has 2 aromatic heterocycles.